The molecule has 1 aliphatic rings. The molecule has 0 spiro atoms. The average Bonchev–Trinajstić information content (AvgIpc) is 2.35. The number of hydrogen-bond acceptors (Lipinski definition) is 5. The number of ether oxygens (including phenoxy) is 2. The van der Waals surface area contributed by atoms with Gasteiger partial charge in [0.15, 0.2) is 0 Å². The van der Waals surface area contributed by atoms with Gasteiger partial charge in [0.25, 0.3) is 0 Å². The Hall–Kier alpha value is -1.30. The molecule has 6 nitrogen and oxygen atoms in total. The highest BCUT2D eigenvalue weighted by molar-refractivity contribution is 5.71. The fraction of sp³-hybridized carbons (Fsp3) is 0.867. The summed E-state index contributed by atoms with van der Waals surface area (Å²) in [5, 5.41) is 6.09. The first kappa shape index (κ1) is 17.8. The van der Waals surface area contributed by atoms with Gasteiger partial charge in [-0.15, -0.1) is 0 Å². The number of amides is 1. The minimum absolute atomic E-state index is 0.0910. The molecule has 0 aliphatic heterocycles. The van der Waals surface area contributed by atoms with E-state index in [-0.39, 0.29) is 30.7 Å². The summed E-state index contributed by atoms with van der Waals surface area (Å²) < 4.78 is 10.1. The second kappa shape index (κ2) is 8.22. The number of alkyl carbamates (subject to hydrolysis) is 1. The molecule has 0 aromatic rings. The highest BCUT2D eigenvalue weighted by Gasteiger charge is 2.25. The molecule has 1 aliphatic carbocycles. The largest absolute Gasteiger partial charge is 0.465 e. The van der Waals surface area contributed by atoms with Crippen molar-refractivity contribution in [2.45, 2.75) is 71.1 Å². The molecule has 0 bridgehead atoms. The lowest BCUT2D eigenvalue weighted by Crippen LogP contribution is -2.46. The monoisotopic (exact) mass is 300 g/mol. The Morgan fingerprint density at radius 1 is 1.19 bits per heavy atom. The van der Waals surface area contributed by atoms with Gasteiger partial charge in [-0.1, -0.05) is 0 Å². The molecule has 0 heterocycles. The van der Waals surface area contributed by atoms with Crippen molar-refractivity contribution in [3.8, 4) is 0 Å². The molecule has 6 heteroatoms. The van der Waals surface area contributed by atoms with E-state index in [2.05, 4.69) is 10.6 Å². The van der Waals surface area contributed by atoms with Crippen LogP contribution in [0.4, 0.5) is 4.79 Å². The first-order valence-corrected chi connectivity index (χ1v) is 7.68. The maximum absolute atomic E-state index is 11.8. The molecule has 1 saturated carbocycles. The van der Waals surface area contributed by atoms with E-state index in [1.54, 1.807) is 6.92 Å². The van der Waals surface area contributed by atoms with Gasteiger partial charge in [0.2, 0.25) is 0 Å². The van der Waals surface area contributed by atoms with Gasteiger partial charge in [-0.25, -0.2) is 4.79 Å². The van der Waals surface area contributed by atoms with Crippen LogP contribution in [0.25, 0.3) is 0 Å². The third-order valence-corrected chi connectivity index (χ3v) is 3.24. The Bertz CT molecular complexity index is 352. The zero-order valence-corrected chi connectivity index (χ0v) is 13.5. The fourth-order valence-corrected chi connectivity index (χ4v) is 2.42. The van der Waals surface area contributed by atoms with Crippen molar-refractivity contribution in [3.63, 3.8) is 0 Å². The average molecular weight is 300 g/mol. The van der Waals surface area contributed by atoms with Crippen LogP contribution in [0.3, 0.4) is 0 Å². The summed E-state index contributed by atoms with van der Waals surface area (Å²) in [5.41, 5.74) is -0.486. The molecule has 0 aromatic heterocycles. The number of carbonyl (C=O) groups excluding carboxylic acids is 2. The lowest BCUT2D eigenvalue weighted by Gasteiger charge is -2.31. The van der Waals surface area contributed by atoms with Gasteiger partial charge in [0.05, 0.1) is 13.2 Å². The van der Waals surface area contributed by atoms with Gasteiger partial charge < -0.3 is 20.1 Å². The molecule has 122 valence electrons. The minimum Gasteiger partial charge on any atom is -0.465 e. The van der Waals surface area contributed by atoms with Crippen LogP contribution in [0.2, 0.25) is 0 Å². The Kier molecular flexibility index (Phi) is 6.95. The smallest absolute Gasteiger partial charge is 0.407 e. The molecule has 2 N–H and O–H groups in total. The summed E-state index contributed by atoms with van der Waals surface area (Å²) in [6.07, 6.45) is 3.39. The zero-order valence-electron chi connectivity index (χ0n) is 13.5. The van der Waals surface area contributed by atoms with Gasteiger partial charge >= 0.3 is 12.1 Å². The topological polar surface area (TPSA) is 76.7 Å². The maximum Gasteiger partial charge on any atom is 0.407 e. The Morgan fingerprint density at radius 2 is 1.86 bits per heavy atom. The van der Waals surface area contributed by atoms with Crippen molar-refractivity contribution in [1.29, 1.82) is 0 Å². The van der Waals surface area contributed by atoms with Crippen LogP contribution in [-0.4, -0.2) is 42.9 Å². The Morgan fingerprint density at radius 3 is 2.48 bits per heavy atom. The summed E-state index contributed by atoms with van der Waals surface area (Å²) in [6, 6.07) is 0.316. The van der Waals surface area contributed by atoms with Crippen LogP contribution in [0.15, 0.2) is 0 Å². The highest BCUT2D eigenvalue weighted by Crippen LogP contribution is 2.19. The molecule has 1 amide bonds. The third-order valence-electron chi connectivity index (χ3n) is 3.24. The van der Waals surface area contributed by atoms with Gasteiger partial charge in [0.1, 0.15) is 5.60 Å². The number of hydrogen-bond donors (Lipinski definition) is 2. The summed E-state index contributed by atoms with van der Waals surface area (Å²) in [4.78, 5) is 23.1. The van der Waals surface area contributed by atoms with Gasteiger partial charge in [-0.05, 0) is 53.4 Å². The molecular weight excluding hydrogens is 272 g/mol. The summed E-state index contributed by atoms with van der Waals surface area (Å²) in [6.45, 7) is 7.94. The van der Waals surface area contributed by atoms with Crippen molar-refractivity contribution in [1.82, 2.24) is 10.6 Å². The predicted molar refractivity (Wildman–Crippen MR) is 80.0 cm³/mol. The van der Waals surface area contributed by atoms with Crippen molar-refractivity contribution in [2.75, 3.05) is 13.2 Å². The Balaban J connectivity index is 2.31. The van der Waals surface area contributed by atoms with Crippen LogP contribution >= 0.6 is 0 Å². The van der Waals surface area contributed by atoms with E-state index >= 15 is 0 Å². The fourth-order valence-electron chi connectivity index (χ4n) is 2.42. The van der Waals surface area contributed by atoms with Crippen LogP contribution in [0.1, 0.15) is 53.4 Å². The summed E-state index contributed by atoms with van der Waals surface area (Å²) >= 11 is 0. The molecule has 1 rings (SSSR count). The molecule has 0 radical (unpaired) electrons. The lowest BCUT2D eigenvalue weighted by molar-refractivity contribution is -0.142. The van der Waals surface area contributed by atoms with Gasteiger partial charge in [-0.2, -0.15) is 0 Å². The SMILES string of the molecule is CCOC(=O)CNC1CCCC(NC(=O)OC(C)(C)C)C1. The number of rotatable bonds is 5. The van der Waals surface area contributed by atoms with E-state index in [1.807, 2.05) is 20.8 Å². The van der Waals surface area contributed by atoms with Crippen LogP contribution in [0.5, 0.6) is 0 Å². The minimum atomic E-state index is -0.486. The first-order valence-electron chi connectivity index (χ1n) is 7.68. The molecule has 21 heavy (non-hydrogen) atoms. The van der Waals surface area contributed by atoms with Crippen molar-refractivity contribution in [2.24, 2.45) is 0 Å². The first-order chi connectivity index (χ1) is 9.80. The summed E-state index contributed by atoms with van der Waals surface area (Å²) in [7, 11) is 0. The normalized spacial score (nSPS) is 22.5. The lowest BCUT2D eigenvalue weighted by atomic mass is 9.91. The molecular formula is C15H28N2O4. The molecule has 2 unspecified atom stereocenters. The van der Waals surface area contributed by atoms with E-state index in [1.165, 1.54) is 0 Å². The number of nitrogens with one attached hydrogen (secondary N) is 2. The zero-order chi connectivity index (χ0) is 15.9. The second-order valence-electron chi connectivity index (χ2n) is 6.39. The standard InChI is InChI=1S/C15H28N2O4/c1-5-20-13(18)10-16-11-7-6-8-12(9-11)17-14(19)21-15(2,3)4/h11-12,16H,5-10H2,1-4H3,(H,17,19). The second-order valence-corrected chi connectivity index (χ2v) is 6.39. The van der Waals surface area contributed by atoms with Crippen molar-refractivity contribution >= 4 is 12.1 Å². The maximum atomic E-state index is 11.8. The Labute approximate surface area is 126 Å². The van der Waals surface area contributed by atoms with Gasteiger partial charge in [0, 0.05) is 12.1 Å². The van der Waals surface area contributed by atoms with E-state index in [4.69, 9.17) is 9.47 Å². The van der Waals surface area contributed by atoms with E-state index < -0.39 is 5.60 Å². The van der Waals surface area contributed by atoms with Crippen LogP contribution in [0, 0.1) is 0 Å². The molecule has 1 fully saturated rings. The van der Waals surface area contributed by atoms with Crippen molar-refractivity contribution < 1.29 is 19.1 Å². The quantitative estimate of drug-likeness (QED) is 0.759. The van der Waals surface area contributed by atoms with Crippen LogP contribution < -0.4 is 10.6 Å². The van der Waals surface area contributed by atoms with E-state index in [0.29, 0.717) is 6.61 Å². The van der Waals surface area contributed by atoms with E-state index in [9.17, 15) is 9.59 Å². The van der Waals surface area contributed by atoms with Crippen molar-refractivity contribution in [3.05, 3.63) is 0 Å². The molecule has 2 atom stereocenters. The highest BCUT2D eigenvalue weighted by atomic mass is 16.6. The number of carbonyl (C=O) groups is 2. The third kappa shape index (κ3) is 7.90. The van der Waals surface area contributed by atoms with Crippen LogP contribution in [-0.2, 0) is 14.3 Å². The van der Waals surface area contributed by atoms with Gasteiger partial charge in [-0.3, -0.25) is 4.79 Å². The summed E-state index contributed by atoms with van der Waals surface area (Å²) in [5.74, 6) is -0.236. The number of esters is 1. The van der Waals surface area contributed by atoms with E-state index in [0.717, 1.165) is 25.7 Å². The molecule has 0 aromatic carbocycles. The molecule has 0 saturated heterocycles. The predicted octanol–water partition coefficient (Wildman–Crippen LogP) is 1.98.